The summed E-state index contributed by atoms with van der Waals surface area (Å²) in [4.78, 5) is 0. The molecule has 0 bridgehead atoms. The molecule has 0 aromatic carbocycles. The molecule has 0 aliphatic rings. The molecule has 0 fully saturated rings. The Hall–Kier alpha value is -0.0800. The first-order chi connectivity index (χ1) is 4.31. The van der Waals surface area contributed by atoms with Crippen molar-refractivity contribution in [3.8, 4) is 0 Å². The van der Waals surface area contributed by atoms with Crippen LogP contribution in [0.1, 0.15) is 26.7 Å². The lowest BCUT2D eigenvalue weighted by atomic mass is 10.1. The molecule has 2 N–H and O–H groups in total. The van der Waals surface area contributed by atoms with Gasteiger partial charge in [0.2, 0.25) is 0 Å². The third-order valence-electron chi connectivity index (χ3n) is 1.30. The van der Waals surface area contributed by atoms with Gasteiger partial charge in [-0.1, -0.05) is 20.3 Å². The molecule has 0 aliphatic carbocycles. The maximum Gasteiger partial charge on any atom is 0.0940 e. The molecule has 1 atom stereocenters. The van der Waals surface area contributed by atoms with E-state index in [1.54, 1.807) is 0 Å². The van der Waals surface area contributed by atoms with E-state index in [1.165, 1.54) is 12.8 Å². The topological polar surface area (TPSA) is 35.2 Å². The highest BCUT2D eigenvalue weighted by Gasteiger charge is 1.97. The van der Waals surface area contributed by atoms with E-state index in [0.29, 0.717) is 12.6 Å². The molecule has 2 heteroatoms. The molecule has 0 aromatic heterocycles. The van der Waals surface area contributed by atoms with Crippen molar-refractivity contribution in [2.75, 3.05) is 13.3 Å². The first kappa shape index (κ1) is 8.92. The zero-order chi connectivity index (χ0) is 7.11. The van der Waals surface area contributed by atoms with Gasteiger partial charge in [0.1, 0.15) is 0 Å². The number of rotatable bonds is 5. The molecule has 0 radical (unpaired) electrons. The van der Waals surface area contributed by atoms with E-state index >= 15 is 0 Å². The number of hydrogen-bond acceptors (Lipinski definition) is 2. The lowest BCUT2D eigenvalue weighted by Gasteiger charge is -2.07. The Balaban J connectivity index is 2.95. The second-order valence-corrected chi connectivity index (χ2v) is 2.43. The highest BCUT2D eigenvalue weighted by Crippen LogP contribution is 2.03. The molecular weight excluding hydrogens is 114 g/mol. The summed E-state index contributed by atoms with van der Waals surface area (Å²) in [5, 5.41) is 0. The Morgan fingerprint density at radius 2 is 2.22 bits per heavy atom. The van der Waals surface area contributed by atoms with Gasteiger partial charge in [0.15, 0.2) is 0 Å². The van der Waals surface area contributed by atoms with E-state index in [1.807, 2.05) is 0 Å². The smallest absolute Gasteiger partial charge is 0.0940 e. The Kier molecular flexibility index (Phi) is 5.99. The van der Waals surface area contributed by atoms with Crippen LogP contribution in [0.2, 0.25) is 0 Å². The van der Waals surface area contributed by atoms with Gasteiger partial charge in [0, 0.05) is 0 Å². The van der Waals surface area contributed by atoms with Crippen LogP contribution in [-0.4, -0.2) is 13.3 Å². The molecule has 0 saturated carbocycles. The third-order valence-corrected chi connectivity index (χ3v) is 1.30. The van der Waals surface area contributed by atoms with Crippen LogP contribution < -0.4 is 5.73 Å². The first-order valence-corrected chi connectivity index (χ1v) is 3.59. The maximum atomic E-state index is 5.15. The largest absolute Gasteiger partial charge is 0.366 e. The van der Waals surface area contributed by atoms with Crippen molar-refractivity contribution >= 4 is 0 Å². The van der Waals surface area contributed by atoms with Gasteiger partial charge in [-0.2, -0.15) is 0 Å². The summed E-state index contributed by atoms with van der Waals surface area (Å²) in [6.45, 7) is 5.52. The van der Waals surface area contributed by atoms with Gasteiger partial charge in [0.25, 0.3) is 0 Å². The lowest BCUT2D eigenvalue weighted by molar-refractivity contribution is 0.107. The van der Waals surface area contributed by atoms with E-state index in [9.17, 15) is 0 Å². The minimum Gasteiger partial charge on any atom is -0.366 e. The van der Waals surface area contributed by atoms with Crippen LogP contribution in [0.5, 0.6) is 0 Å². The zero-order valence-corrected chi connectivity index (χ0v) is 6.39. The van der Waals surface area contributed by atoms with Gasteiger partial charge in [-0.15, -0.1) is 0 Å². The van der Waals surface area contributed by atoms with Crippen molar-refractivity contribution in [3.63, 3.8) is 0 Å². The van der Waals surface area contributed by atoms with Crippen LogP contribution in [0.4, 0.5) is 0 Å². The van der Waals surface area contributed by atoms with Crippen molar-refractivity contribution in [2.45, 2.75) is 26.7 Å². The van der Waals surface area contributed by atoms with Crippen LogP contribution in [0.15, 0.2) is 0 Å². The SMILES string of the molecule is CCCC(C)COCN. The summed E-state index contributed by atoms with van der Waals surface area (Å²) in [5.74, 6) is 0.665. The standard InChI is InChI=1S/C7H17NO/c1-3-4-7(2)5-9-6-8/h7H,3-6,8H2,1-2H3. The Morgan fingerprint density at radius 1 is 1.56 bits per heavy atom. The highest BCUT2D eigenvalue weighted by molar-refractivity contribution is 4.47. The van der Waals surface area contributed by atoms with Gasteiger partial charge in [0.05, 0.1) is 13.3 Å². The van der Waals surface area contributed by atoms with Crippen LogP contribution in [0, 0.1) is 5.92 Å². The molecule has 0 rings (SSSR count). The molecule has 0 heterocycles. The van der Waals surface area contributed by atoms with Gasteiger partial charge in [-0.3, -0.25) is 0 Å². The van der Waals surface area contributed by atoms with E-state index in [-0.39, 0.29) is 0 Å². The van der Waals surface area contributed by atoms with Crippen molar-refractivity contribution in [1.29, 1.82) is 0 Å². The predicted molar refractivity (Wildman–Crippen MR) is 39.1 cm³/mol. The lowest BCUT2D eigenvalue weighted by Crippen LogP contribution is -2.11. The molecule has 0 amide bonds. The monoisotopic (exact) mass is 131 g/mol. The molecule has 0 saturated heterocycles. The Morgan fingerprint density at radius 3 is 2.67 bits per heavy atom. The van der Waals surface area contributed by atoms with Gasteiger partial charge < -0.3 is 10.5 Å². The van der Waals surface area contributed by atoms with Crippen molar-refractivity contribution in [3.05, 3.63) is 0 Å². The molecular formula is C7H17NO. The zero-order valence-electron chi connectivity index (χ0n) is 6.39. The van der Waals surface area contributed by atoms with Gasteiger partial charge in [-0.05, 0) is 12.3 Å². The van der Waals surface area contributed by atoms with Crippen molar-refractivity contribution < 1.29 is 4.74 Å². The maximum absolute atomic E-state index is 5.15. The van der Waals surface area contributed by atoms with Crippen LogP contribution >= 0.6 is 0 Å². The van der Waals surface area contributed by atoms with Crippen molar-refractivity contribution in [1.82, 2.24) is 0 Å². The number of nitrogens with two attached hydrogens (primary N) is 1. The average Bonchev–Trinajstić information content (AvgIpc) is 1.85. The van der Waals surface area contributed by atoms with E-state index in [2.05, 4.69) is 13.8 Å². The normalized spacial score (nSPS) is 13.7. The fraction of sp³-hybridized carbons (Fsp3) is 1.00. The average molecular weight is 131 g/mol. The van der Waals surface area contributed by atoms with Crippen LogP contribution in [0.25, 0.3) is 0 Å². The summed E-state index contributed by atoms with van der Waals surface area (Å²) in [5.41, 5.74) is 5.15. The summed E-state index contributed by atoms with van der Waals surface area (Å²) >= 11 is 0. The van der Waals surface area contributed by atoms with E-state index in [0.717, 1.165) is 6.61 Å². The summed E-state index contributed by atoms with van der Waals surface area (Å²) in [6.07, 6.45) is 2.47. The summed E-state index contributed by atoms with van der Waals surface area (Å²) < 4.78 is 5.03. The van der Waals surface area contributed by atoms with E-state index in [4.69, 9.17) is 10.5 Å². The molecule has 0 spiro atoms. The van der Waals surface area contributed by atoms with Crippen LogP contribution in [0.3, 0.4) is 0 Å². The second-order valence-electron chi connectivity index (χ2n) is 2.43. The number of ether oxygens (including phenoxy) is 1. The molecule has 1 unspecified atom stereocenters. The third kappa shape index (κ3) is 5.80. The number of hydrogen-bond donors (Lipinski definition) is 1. The molecule has 0 aliphatic heterocycles. The fourth-order valence-corrected chi connectivity index (χ4v) is 0.845. The molecule has 9 heavy (non-hydrogen) atoms. The minimum absolute atomic E-state index is 0.355. The summed E-state index contributed by atoms with van der Waals surface area (Å²) in [7, 11) is 0. The van der Waals surface area contributed by atoms with Crippen molar-refractivity contribution in [2.24, 2.45) is 11.7 Å². The predicted octanol–water partition coefficient (Wildman–Crippen LogP) is 1.36. The quantitative estimate of drug-likeness (QED) is 0.572. The van der Waals surface area contributed by atoms with E-state index < -0.39 is 0 Å². The first-order valence-electron chi connectivity index (χ1n) is 3.59. The highest BCUT2D eigenvalue weighted by atomic mass is 16.5. The minimum atomic E-state index is 0.355. The van der Waals surface area contributed by atoms with Crippen LogP contribution in [-0.2, 0) is 4.74 Å². The molecule has 2 nitrogen and oxygen atoms in total. The Labute approximate surface area is 57.4 Å². The summed E-state index contributed by atoms with van der Waals surface area (Å²) in [6, 6.07) is 0. The Bertz CT molecular complexity index is 56.9. The fourth-order valence-electron chi connectivity index (χ4n) is 0.845. The van der Waals surface area contributed by atoms with Gasteiger partial charge >= 0.3 is 0 Å². The molecule has 0 aromatic rings. The molecule has 56 valence electrons. The second kappa shape index (κ2) is 6.05. The van der Waals surface area contributed by atoms with Gasteiger partial charge in [-0.25, -0.2) is 0 Å².